The van der Waals surface area contributed by atoms with Crippen LogP contribution in [0.1, 0.15) is 64.0 Å². The minimum absolute atomic E-state index is 0.343. The Kier molecular flexibility index (Phi) is 5.27. The molecule has 2 heterocycles. The predicted molar refractivity (Wildman–Crippen MR) is 103 cm³/mol. The van der Waals surface area contributed by atoms with Gasteiger partial charge in [0.05, 0.1) is 5.56 Å². The molecule has 1 aromatic heterocycles. The van der Waals surface area contributed by atoms with Gasteiger partial charge in [-0.1, -0.05) is 40.2 Å². The van der Waals surface area contributed by atoms with E-state index in [0.29, 0.717) is 11.1 Å². The van der Waals surface area contributed by atoms with Gasteiger partial charge in [0.25, 0.3) is 0 Å². The zero-order valence-corrected chi connectivity index (χ0v) is 16.0. The summed E-state index contributed by atoms with van der Waals surface area (Å²) < 4.78 is 30.9. The molecule has 1 aliphatic rings. The van der Waals surface area contributed by atoms with Crippen LogP contribution in [-0.2, 0) is 12.0 Å². The zero-order chi connectivity index (χ0) is 18.9. The first-order valence-corrected chi connectivity index (χ1v) is 9.72. The minimum Gasteiger partial charge on any atom is -0.207 e. The number of aromatic nitrogens is 1. The fourth-order valence-electron chi connectivity index (χ4n) is 4.33. The minimum atomic E-state index is -0.545. The highest BCUT2D eigenvalue weighted by molar-refractivity contribution is 5.83. The van der Waals surface area contributed by atoms with Crippen molar-refractivity contribution in [1.29, 1.82) is 0 Å². The number of benzene rings is 1. The number of nitrogens with zero attached hydrogens (tertiary/aromatic N) is 1. The summed E-state index contributed by atoms with van der Waals surface area (Å²) in [5.41, 5.74) is 3.58. The van der Waals surface area contributed by atoms with Crippen molar-refractivity contribution in [3.8, 4) is 11.3 Å². The summed E-state index contributed by atoms with van der Waals surface area (Å²) >= 11 is 0. The quantitative estimate of drug-likeness (QED) is 0.429. The molecule has 1 nitrogen and oxygen atoms in total. The molecule has 0 saturated carbocycles. The lowest BCUT2D eigenvalue weighted by atomic mass is 9.75. The van der Waals surface area contributed by atoms with E-state index in [1.807, 2.05) is 0 Å². The first kappa shape index (κ1) is 18.8. The molecule has 26 heavy (non-hydrogen) atoms. The Morgan fingerprint density at radius 2 is 1.77 bits per heavy atom. The first-order valence-electron chi connectivity index (χ1n) is 9.72. The molecule has 0 amide bonds. The second-order valence-electron chi connectivity index (χ2n) is 7.27. The Morgan fingerprint density at radius 1 is 1.04 bits per heavy atom. The van der Waals surface area contributed by atoms with Gasteiger partial charge in [-0.2, -0.15) is 4.57 Å². The number of hydrogen-bond donors (Lipinski definition) is 0. The molecule has 0 aliphatic carbocycles. The first-order chi connectivity index (χ1) is 12.5. The molecule has 0 spiro atoms. The molecule has 3 heteroatoms. The molecule has 3 rings (SSSR count). The van der Waals surface area contributed by atoms with Gasteiger partial charge in [-0.15, -0.1) is 0 Å². The molecular formula is C23H28F2N+. The van der Waals surface area contributed by atoms with Crippen LogP contribution in [0.2, 0.25) is 0 Å². The molecular weight excluding hydrogens is 328 g/mol. The van der Waals surface area contributed by atoms with Crippen molar-refractivity contribution >= 4 is 5.57 Å². The van der Waals surface area contributed by atoms with Gasteiger partial charge in [0, 0.05) is 42.2 Å². The van der Waals surface area contributed by atoms with Crippen molar-refractivity contribution in [3.05, 3.63) is 59.8 Å². The number of hydrogen-bond acceptors (Lipinski definition) is 0. The van der Waals surface area contributed by atoms with E-state index in [1.165, 1.54) is 24.5 Å². The Hall–Kier alpha value is -2.03. The lowest BCUT2D eigenvalue weighted by molar-refractivity contribution is -0.741. The van der Waals surface area contributed by atoms with E-state index in [4.69, 9.17) is 0 Å². The third-order valence-corrected chi connectivity index (χ3v) is 5.92. The highest BCUT2D eigenvalue weighted by atomic mass is 19.1. The van der Waals surface area contributed by atoms with Crippen LogP contribution < -0.4 is 4.57 Å². The van der Waals surface area contributed by atoms with Crippen LogP contribution in [0.5, 0.6) is 0 Å². The Labute approximate surface area is 155 Å². The summed E-state index contributed by atoms with van der Waals surface area (Å²) in [4.78, 5) is 0. The smallest absolute Gasteiger partial charge is 0.207 e. The molecule has 0 radical (unpaired) electrons. The van der Waals surface area contributed by atoms with Crippen molar-refractivity contribution in [1.82, 2.24) is 0 Å². The maximum Gasteiger partial charge on any atom is 0.217 e. The van der Waals surface area contributed by atoms with E-state index in [-0.39, 0.29) is 5.54 Å². The topological polar surface area (TPSA) is 3.88 Å². The van der Waals surface area contributed by atoms with Gasteiger partial charge >= 0.3 is 0 Å². The van der Waals surface area contributed by atoms with Crippen molar-refractivity contribution in [2.24, 2.45) is 0 Å². The molecule has 138 valence electrons. The number of aryl methyl sites for hydroxylation is 1. The lowest BCUT2D eigenvalue weighted by Gasteiger charge is -2.35. The van der Waals surface area contributed by atoms with Crippen molar-refractivity contribution in [2.45, 2.75) is 64.8 Å². The fraction of sp³-hybridized carbons (Fsp3) is 0.435. The van der Waals surface area contributed by atoms with Crippen LogP contribution in [0, 0.1) is 11.6 Å². The van der Waals surface area contributed by atoms with Gasteiger partial charge in [-0.25, -0.2) is 8.78 Å². The normalized spacial score (nSPS) is 14.9. The number of halogens is 2. The van der Waals surface area contributed by atoms with Gasteiger partial charge in [-0.3, -0.25) is 0 Å². The standard InChI is InChI=1S/C23H28F2N/c1-5-8-9-10-17-11-12-26-21(13-17)22-19(14-18(24)15-20(22)25)16(4)23(26,6-2)7-3/h11-15H,4-10H2,1-3H3/q+1. The number of rotatable bonds is 6. The van der Waals surface area contributed by atoms with E-state index < -0.39 is 11.6 Å². The van der Waals surface area contributed by atoms with E-state index in [0.717, 1.165) is 43.0 Å². The molecule has 1 aliphatic heterocycles. The summed E-state index contributed by atoms with van der Waals surface area (Å²) in [7, 11) is 0. The van der Waals surface area contributed by atoms with E-state index in [1.54, 1.807) is 0 Å². The van der Waals surface area contributed by atoms with Crippen LogP contribution in [0.4, 0.5) is 8.78 Å². The zero-order valence-electron chi connectivity index (χ0n) is 16.0. The molecule has 2 aromatic rings. The van der Waals surface area contributed by atoms with Crippen LogP contribution in [-0.4, -0.2) is 0 Å². The predicted octanol–water partition coefficient (Wildman–Crippen LogP) is 6.19. The van der Waals surface area contributed by atoms with Gasteiger partial charge < -0.3 is 0 Å². The number of pyridine rings is 1. The molecule has 0 fully saturated rings. The Bertz CT molecular complexity index is 834. The van der Waals surface area contributed by atoms with Crippen LogP contribution in [0.25, 0.3) is 16.8 Å². The van der Waals surface area contributed by atoms with Crippen LogP contribution in [0.3, 0.4) is 0 Å². The second-order valence-corrected chi connectivity index (χ2v) is 7.27. The lowest BCUT2D eigenvalue weighted by Crippen LogP contribution is -2.59. The number of unbranched alkanes of at least 4 members (excludes halogenated alkanes) is 2. The molecule has 0 bridgehead atoms. The van der Waals surface area contributed by atoms with Gasteiger partial charge in [0.2, 0.25) is 5.69 Å². The maximum absolute atomic E-state index is 14.8. The summed E-state index contributed by atoms with van der Waals surface area (Å²) in [5.74, 6) is -1.06. The van der Waals surface area contributed by atoms with Crippen molar-refractivity contribution in [3.63, 3.8) is 0 Å². The largest absolute Gasteiger partial charge is 0.217 e. The summed E-state index contributed by atoms with van der Waals surface area (Å²) in [6.07, 6.45) is 8.18. The van der Waals surface area contributed by atoms with Gasteiger partial charge in [0.15, 0.2) is 11.7 Å². The molecule has 0 N–H and O–H groups in total. The Morgan fingerprint density at radius 3 is 2.42 bits per heavy atom. The van der Waals surface area contributed by atoms with Gasteiger partial charge in [0.1, 0.15) is 11.6 Å². The Balaban J connectivity index is 2.23. The monoisotopic (exact) mass is 356 g/mol. The average molecular weight is 356 g/mol. The van der Waals surface area contributed by atoms with Crippen LogP contribution >= 0.6 is 0 Å². The molecule has 1 aromatic carbocycles. The summed E-state index contributed by atoms with van der Waals surface area (Å²) in [6.45, 7) is 10.7. The summed E-state index contributed by atoms with van der Waals surface area (Å²) in [6, 6.07) is 6.64. The third-order valence-electron chi connectivity index (χ3n) is 5.92. The molecule has 0 saturated heterocycles. The fourth-order valence-corrected chi connectivity index (χ4v) is 4.33. The highest BCUT2D eigenvalue weighted by Gasteiger charge is 2.47. The van der Waals surface area contributed by atoms with Crippen molar-refractivity contribution in [2.75, 3.05) is 0 Å². The number of fused-ring (bicyclic) bond motifs is 3. The molecule has 0 atom stereocenters. The van der Waals surface area contributed by atoms with E-state index >= 15 is 0 Å². The molecule has 0 unspecified atom stereocenters. The second kappa shape index (κ2) is 7.30. The SMILES string of the molecule is C=C1c2cc(F)cc(F)c2-c2cc(CCCCC)cc[n+]2C1(CC)CC. The van der Waals surface area contributed by atoms with Crippen molar-refractivity contribution < 1.29 is 13.3 Å². The number of allylic oxidation sites excluding steroid dienone is 1. The average Bonchev–Trinajstić information content (AvgIpc) is 2.63. The van der Waals surface area contributed by atoms with E-state index in [2.05, 4.69) is 50.2 Å². The maximum atomic E-state index is 14.8. The van der Waals surface area contributed by atoms with E-state index in [9.17, 15) is 8.78 Å². The van der Waals surface area contributed by atoms with Gasteiger partial charge in [-0.05, 0) is 24.5 Å². The van der Waals surface area contributed by atoms with Crippen LogP contribution in [0.15, 0.2) is 37.0 Å². The third kappa shape index (κ3) is 2.87. The highest BCUT2D eigenvalue weighted by Crippen LogP contribution is 2.44. The summed E-state index contributed by atoms with van der Waals surface area (Å²) in [5, 5.41) is 0.